The molecule has 0 saturated heterocycles. The molecule has 0 aliphatic heterocycles. The molecule has 0 atom stereocenters. The monoisotopic (exact) mass is 751 g/mol. The summed E-state index contributed by atoms with van der Waals surface area (Å²) in [4.78, 5) is 10.7. The average Bonchev–Trinajstić information content (AvgIpc) is 3.97. The molecule has 0 saturated carbocycles. The molecule has 0 spiro atoms. The van der Waals surface area contributed by atoms with Gasteiger partial charge in [-0.05, 0) is 82.9 Å². The number of benzene rings is 9. The first-order valence-corrected chi connectivity index (χ1v) is 20.1. The third kappa shape index (κ3) is 4.61. The fourth-order valence-corrected chi connectivity index (χ4v) is 9.58. The summed E-state index contributed by atoms with van der Waals surface area (Å²) >= 11 is 0. The van der Waals surface area contributed by atoms with Gasteiger partial charge in [-0.25, -0.2) is 9.97 Å². The van der Waals surface area contributed by atoms with E-state index >= 15 is 0 Å². The van der Waals surface area contributed by atoms with Gasteiger partial charge >= 0.3 is 0 Å². The Morgan fingerprint density at radius 3 is 1.51 bits per heavy atom. The zero-order chi connectivity index (χ0) is 38.6. The topological polar surface area (TPSA) is 40.0 Å². The minimum absolute atomic E-state index is 0.815. The maximum Gasteiger partial charge on any atom is 0.221 e. The van der Waals surface area contributed by atoms with Crippen molar-refractivity contribution < 1.29 is 0 Å². The molecular weight excluding hydrogens is 719 g/mol. The lowest BCUT2D eigenvalue weighted by molar-refractivity contribution is 0.981. The highest BCUT2D eigenvalue weighted by molar-refractivity contribution is 6.22. The van der Waals surface area contributed by atoms with Gasteiger partial charge < -0.3 is 4.57 Å². The molecule has 4 aromatic heterocycles. The Morgan fingerprint density at radius 2 is 0.831 bits per heavy atom. The molecule has 4 heterocycles. The van der Waals surface area contributed by atoms with E-state index in [4.69, 9.17) is 9.97 Å². The van der Waals surface area contributed by atoms with E-state index in [1.54, 1.807) is 0 Å². The van der Waals surface area contributed by atoms with Gasteiger partial charge in [0.2, 0.25) is 5.95 Å². The van der Waals surface area contributed by atoms with Gasteiger partial charge in [0, 0.05) is 37.7 Å². The van der Waals surface area contributed by atoms with Crippen molar-refractivity contribution in [3.05, 3.63) is 200 Å². The van der Waals surface area contributed by atoms with Crippen LogP contribution >= 0.6 is 0 Å². The zero-order valence-electron chi connectivity index (χ0n) is 31.8. The van der Waals surface area contributed by atoms with Crippen molar-refractivity contribution >= 4 is 82.0 Å². The molecule has 5 heteroatoms. The lowest BCUT2D eigenvalue weighted by atomic mass is 10.0. The highest BCUT2D eigenvalue weighted by Crippen LogP contribution is 2.43. The number of rotatable bonds is 4. The number of fused-ring (bicyclic) bond motifs is 13. The number of aromatic nitrogens is 5. The van der Waals surface area contributed by atoms with Crippen LogP contribution in [0.1, 0.15) is 0 Å². The van der Waals surface area contributed by atoms with Gasteiger partial charge in [-0.15, -0.1) is 0 Å². The van der Waals surface area contributed by atoms with Crippen molar-refractivity contribution in [1.29, 1.82) is 0 Å². The second kappa shape index (κ2) is 12.2. The quantitative estimate of drug-likeness (QED) is 0.180. The number of hydrogen-bond acceptors (Lipinski definition) is 2. The molecule has 0 unspecified atom stereocenters. The van der Waals surface area contributed by atoms with E-state index in [1.807, 2.05) is 0 Å². The maximum absolute atomic E-state index is 5.48. The fraction of sp³-hybridized carbons (Fsp3) is 0. The highest BCUT2D eigenvalue weighted by atomic mass is 15.2. The Balaban J connectivity index is 1.16. The van der Waals surface area contributed by atoms with E-state index in [0.29, 0.717) is 0 Å². The molecule has 0 bridgehead atoms. The Hall–Kier alpha value is -8.02. The van der Waals surface area contributed by atoms with Gasteiger partial charge in [0.15, 0.2) is 0 Å². The number of imidazole rings is 1. The van der Waals surface area contributed by atoms with Gasteiger partial charge in [-0.1, -0.05) is 140 Å². The van der Waals surface area contributed by atoms with Crippen molar-refractivity contribution in [3.63, 3.8) is 0 Å². The summed E-state index contributed by atoms with van der Waals surface area (Å²) in [7, 11) is 0. The highest BCUT2D eigenvalue weighted by Gasteiger charge is 2.24. The largest absolute Gasteiger partial charge is 0.309 e. The molecule has 9 aromatic carbocycles. The van der Waals surface area contributed by atoms with Crippen molar-refractivity contribution in [2.45, 2.75) is 0 Å². The molecular formula is C54H33N5. The van der Waals surface area contributed by atoms with Gasteiger partial charge in [0.05, 0.1) is 44.3 Å². The SMILES string of the molecule is c1ccc(-c2ccc3c(c2)c2cc(-c4ccccc4)ccc2n3-c2cc3c4ccccc4n(-c4nc5ccccc5c5nc6ccccc6n45)c3c3ccccc23)cc1. The number of nitrogens with zero attached hydrogens (tertiary/aromatic N) is 5. The van der Waals surface area contributed by atoms with Crippen LogP contribution in [0.15, 0.2) is 200 Å². The smallest absolute Gasteiger partial charge is 0.221 e. The van der Waals surface area contributed by atoms with E-state index in [9.17, 15) is 0 Å². The standard InChI is InChI=1S/C54H33N5/c1-3-15-34(16-4-1)36-27-29-48-42(31-36)43-32-37(35-17-5-2-6-18-35)28-30-49(43)57(48)51-33-44-39-20-10-13-25-47(39)58(52(44)40-21-8-7-19-38(40)51)54-56-45-23-11-9-22-41(45)53-55-46-24-12-14-26-50(46)59(53)54/h1-33H. The minimum atomic E-state index is 0.815. The molecule has 13 rings (SSSR count). The fourth-order valence-electron chi connectivity index (χ4n) is 9.58. The van der Waals surface area contributed by atoms with Crippen LogP contribution in [-0.2, 0) is 0 Å². The summed E-state index contributed by atoms with van der Waals surface area (Å²) in [6, 6.07) is 72.0. The lowest BCUT2D eigenvalue weighted by Gasteiger charge is -2.16. The van der Waals surface area contributed by atoms with Gasteiger partial charge in [0.25, 0.3) is 0 Å². The van der Waals surface area contributed by atoms with Crippen LogP contribution in [0, 0.1) is 0 Å². The molecule has 0 amide bonds. The Kier molecular flexibility index (Phi) is 6.66. The number of hydrogen-bond donors (Lipinski definition) is 0. The summed E-state index contributed by atoms with van der Waals surface area (Å²) < 4.78 is 7.10. The maximum atomic E-state index is 5.48. The van der Waals surface area contributed by atoms with Crippen LogP contribution in [0.4, 0.5) is 0 Å². The summed E-state index contributed by atoms with van der Waals surface area (Å²) in [6.07, 6.45) is 0. The Labute approximate surface area is 338 Å². The molecule has 0 aliphatic carbocycles. The second-order valence-corrected chi connectivity index (χ2v) is 15.4. The van der Waals surface area contributed by atoms with Crippen molar-refractivity contribution in [2.24, 2.45) is 0 Å². The minimum Gasteiger partial charge on any atom is -0.309 e. The number of para-hydroxylation sites is 4. The molecule has 0 N–H and O–H groups in total. The van der Waals surface area contributed by atoms with E-state index in [1.165, 1.54) is 54.8 Å². The molecule has 0 radical (unpaired) electrons. The van der Waals surface area contributed by atoms with Crippen LogP contribution in [0.5, 0.6) is 0 Å². The van der Waals surface area contributed by atoms with Crippen molar-refractivity contribution in [1.82, 2.24) is 23.5 Å². The van der Waals surface area contributed by atoms with Crippen molar-refractivity contribution in [2.75, 3.05) is 0 Å². The zero-order valence-corrected chi connectivity index (χ0v) is 31.8. The molecule has 274 valence electrons. The van der Waals surface area contributed by atoms with Crippen LogP contribution in [-0.4, -0.2) is 23.5 Å². The van der Waals surface area contributed by atoms with E-state index in [0.717, 1.165) is 61.0 Å². The predicted molar refractivity (Wildman–Crippen MR) is 245 cm³/mol. The first-order chi connectivity index (χ1) is 29.3. The van der Waals surface area contributed by atoms with E-state index in [-0.39, 0.29) is 0 Å². The normalized spacial score (nSPS) is 12.1. The van der Waals surface area contributed by atoms with E-state index < -0.39 is 0 Å². The second-order valence-electron chi connectivity index (χ2n) is 15.4. The first kappa shape index (κ1) is 32.1. The first-order valence-electron chi connectivity index (χ1n) is 20.1. The molecule has 5 nitrogen and oxygen atoms in total. The van der Waals surface area contributed by atoms with E-state index in [2.05, 4.69) is 214 Å². The lowest BCUT2D eigenvalue weighted by Crippen LogP contribution is -2.07. The third-order valence-corrected chi connectivity index (χ3v) is 12.2. The molecule has 59 heavy (non-hydrogen) atoms. The summed E-state index contributed by atoms with van der Waals surface area (Å²) in [5, 5.41) is 8.12. The van der Waals surface area contributed by atoms with Crippen molar-refractivity contribution in [3.8, 4) is 33.9 Å². The van der Waals surface area contributed by atoms with Crippen LogP contribution in [0.25, 0.3) is 116 Å². The van der Waals surface area contributed by atoms with Gasteiger partial charge in [-0.2, -0.15) is 0 Å². The molecule has 0 aliphatic rings. The molecule has 0 fully saturated rings. The Morgan fingerprint density at radius 1 is 0.305 bits per heavy atom. The van der Waals surface area contributed by atoms with Gasteiger partial charge in [0.1, 0.15) is 5.65 Å². The summed E-state index contributed by atoms with van der Waals surface area (Å²) in [5.74, 6) is 0.815. The average molecular weight is 752 g/mol. The van der Waals surface area contributed by atoms with Crippen LogP contribution in [0.3, 0.4) is 0 Å². The summed E-state index contributed by atoms with van der Waals surface area (Å²) in [6.45, 7) is 0. The predicted octanol–water partition coefficient (Wildman–Crippen LogP) is 13.7. The summed E-state index contributed by atoms with van der Waals surface area (Å²) in [5.41, 5.74) is 14.3. The van der Waals surface area contributed by atoms with Gasteiger partial charge in [-0.3, -0.25) is 8.97 Å². The Bertz CT molecular complexity index is 3740. The third-order valence-electron chi connectivity index (χ3n) is 12.2. The molecule has 13 aromatic rings. The van der Waals surface area contributed by atoms with Crippen LogP contribution < -0.4 is 0 Å². The van der Waals surface area contributed by atoms with Crippen LogP contribution in [0.2, 0.25) is 0 Å².